The minimum absolute atomic E-state index is 0.107. The van der Waals surface area contributed by atoms with Crippen LogP contribution in [0.3, 0.4) is 0 Å². The Morgan fingerprint density at radius 2 is 1.10 bits per heavy atom. The highest BCUT2D eigenvalue weighted by molar-refractivity contribution is 6.04. The van der Waals surface area contributed by atoms with E-state index < -0.39 is 0 Å². The SMILES string of the molecule is O=C(Nc1ccc(CNCc2ccccc2)cc1)c1ccc(-c2ccccc2)cc1. The van der Waals surface area contributed by atoms with Crippen molar-refractivity contribution in [1.29, 1.82) is 0 Å². The fourth-order valence-corrected chi connectivity index (χ4v) is 3.30. The number of carbonyl (C=O) groups is 1. The van der Waals surface area contributed by atoms with Gasteiger partial charge >= 0.3 is 0 Å². The Balaban J connectivity index is 1.31. The maximum Gasteiger partial charge on any atom is 0.255 e. The molecular weight excluding hydrogens is 368 g/mol. The number of hydrogen-bond acceptors (Lipinski definition) is 2. The first-order chi connectivity index (χ1) is 14.8. The maximum atomic E-state index is 12.6. The number of nitrogens with one attached hydrogen (secondary N) is 2. The summed E-state index contributed by atoms with van der Waals surface area (Å²) >= 11 is 0. The van der Waals surface area contributed by atoms with Gasteiger partial charge in [0.2, 0.25) is 0 Å². The summed E-state index contributed by atoms with van der Waals surface area (Å²) in [5, 5.41) is 6.40. The number of anilines is 1. The number of rotatable bonds is 7. The zero-order valence-electron chi connectivity index (χ0n) is 16.7. The van der Waals surface area contributed by atoms with Crippen molar-refractivity contribution in [2.75, 3.05) is 5.32 Å². The molecule has 1 amide bonds. The van der Waals surface area contributed by atoms with Crippen molar-refractivity contribution >= 4 is 11.6 Å². The monoisotopic (exact) mass is 392 g/mol. The van der Waals surface area contributed by atoms with E-state index in [2.05, 4.69) is 34.9 Å². The molecule has 0 bridgehead atoms. The van der Waals surface area contributed by atoms with Gasteiger partial charge in [-0.25, -0.2) is 0 Å². The molecular formula is C27H24N2O. The van der Waals surface area contributed by atoms with Gasteiger partial charge in [-0.05, 0) is 46.5 Å². The highest BCUT2D eigenvalue weighted by Gasteiger charge is 2.07. The molecule has 0 saturated carbocycles. The molecule has 4 aromatic rings. The Labute approximate surface area is 177 Å². The Morgan fingerprint density at radius 1 is 0.567 bits per heavy atom. The summed E-state index contributed by atoms with van der Waals surface area (Å²) in [4.78, 5) is 12.6. The van der Waals surface area contributed by atoms with Crippen LogP contribution in [-0.4, -0.2) is 5.91 Å². The quantitative estimate of drug-likeness (QED) is 0.411. The van der Waals surface area contributed by atoms with E-state index in [1.54, 1.807) is 0 Å². The third kappa shape index (κ3) is 5.22. The molecule has 0 aliphatic carbocycles. The standard InChI is InChI=1S/C27H24N2O/c30-27(25-15-13-24(14-16-25)23-9-5-2-6-10-23)29-26-17-11-22(12-18-26)20-28-19-21-7-3-1-4-8-21/h1-18,28H,19-20H2,(H,29,30). The average Bonchev–Trinajstić information content (AvgIpc) is 2.81. The second-order valence-corrected chi connectivity index (χ2v) is 7.18. The fraction of sp³-hybridized carbons (Fsp3) is 0.0741. The van der Waals surface area contributed by atoms with Crippen LogP contribution in [0.2, 0.25) is 0 Å². The zero-order chi connectivity index (χ0) is 20.6. The lowest BCUT2D eigenvalue weighted by molar-refractivity contribution is 0.102. The zero-order valence-corrected chi connectivity index (χ0v) is 16.7. The first-order valence-electron chi connectivity index (χ1n) is 10.1. The van der Waals surface area contributed by atoms with E-state index in [1.165, 1.54) is 11.1 Å². The van der Waals surface area contributed by atoms with Crippen LogP contribution < -0.4 is 10.6 Å². The van der Waals surface area contributed by atoms with Crippen LogP contribution in [0.15, 0.2) is 109 Å². The Hall–Kier alpha value is -3.69. The van der Waals surface area contributed by atoms with Gasteiger partial charge in [0.1, 0.15) is 0 Å². The lowest BCUT2D eigenvalue weighted by Crippen LogP contribution is -2.13. The van der Waals surface area contributed by atoms with Crippen LogP contribution in [0.4, 0.5) is 5.69 Å². The van der Waals surface area contributed by atoms with Crippen LogP contribution in [0.5, 0.6) is 0 Å². The van der Waals surface area contributed by atoms with Crippen LogP contribution in [0.1, 0.15) is 21.5 Å². The lowest BCUT2D eigenvalue weighted by atomic mass is 10.0. The molecule has 0 aromatic heterocycles. The lowest BCUT2D eigenvalue weighted by Gasteiger charge is -2.09. The summed E-state index contributed by atoms with van der Waals surface area (Å²) in [6.07, 6.45) is 0. The van der Waals surface area contributed by atoms with E-state index in [0.29, 0.717) is 5.56 Å². The molecule has 148 valence electrons. The first-order valence-corrected chi connectivity index (χ1v) is 10.1. The van der Waals surface area contributed by atoms with Crippen molar-refractivity contribution in [2.45, 2.75) is 13.1 Å². The summed E-state index contributed by atoms with van der Waals surface area (Å²) in [6, 6.07) is 36.1. The minimum atomic E-state index is -0.107. The predicted molar refractivity (Wildman–Crippen MR) is 123 cm³/mol. The molecule has 0 aliphatic heterocycles. The number of carbonyl (C=O) groups excluding carboxylic acids is 1. The van der Waals surface area contributed by atoms with Gasteiger partial charge in [-0.15, -0.1) is 0 Å². The molecule has 0 radical (unpaired) electrons. The average molecular weight is 393 g/mol. The van der Waals surface area contributed by atoms with Crippen molar-refractivity contribution < 1.29 is 4.79 Å². The molecule has 4 rings (SSSR count). The van der Waals surface area contributed by atoms with Crippen LogP contribution in [0, 0.1) is 0 Å². The third-order valence-electron chi connectivity index (χ3n) is 4.97. The van der Waals surface area contributed by atoms with Gasteiger partial charge in [-0.1, -0.05) is 84.9 Å². The largest absolute Gasteiger partial charge is 0.322 e. The second-order valence-electron chi connectivity index (χ2n) is 7.18. The molecule has 0 spiro atoms. The van der Waals surface area contributed by atoms with E-state index in [-0.39, 0.29) is 5.91 Å². The van der Waals surface area contributed by atoms with Crippen molar-refractivity contribution in [3.63, 3.8) is 0 Å². The Kier molecular flexibility index (Phi) is 6.33. The van der Waals surface area contributed by atoms with Crippen molar-refractivity contribution in [3.8, 4) is 11.1 Å². The highest BCUT2D eigenvalue weighted by Crippen LogP contribution is 2.20. The van der Waals surface area contributed by atoms with Gasteiger partial charge < -0.3 is 10.6 Å². The topological polar surface area (TPSA) is 41.1 Å². The molecule has 0 aliphatic rings. The van der Waals surface area contributed by atoms with Gasteiger partial charge in [0.15, 0.2) is 0 Å². The minimum Gasteiger partial charge on any atom is -0.322 e. The van der Waals surface area contributed by atoms with Crippen LogP contribution in [-0.2, 0) is 13.1 Å². The van der Waals surface area contributed by atoms with Gasteiger partial charge in [0, 0.05) is 24.3 Å². The number of benzene rings is 4. The molecule has 3 nitrogen and oxygen atoms in total. The van der Waals surface area contributed by atoms with Gasteiger partial charge in [0.25, 0.3) is 5.91 Å². The highest BCUT2D eigenvalue weighted by atomic mass is 16.1. The second kappa shape index (κ2) is 9.68. The molecule has 3 heteroatoms. The van der Waals surface area contributed by atoms with E-state index in [4.69, 9.17) is 0 Å². The summed E-state index contributed by atoms with van der Waals surface area (Å²) < 4.78 is 0. The van der Waals surface area contributed by atoms with E-state index >= 15 is 0 Å². The molecule has 30 heavy (non-hydrogen) atoms. The van der Waals surface area contributed by atoms with Crippen molar-refractivity contribution in [2.24, 2.45) is 0 Å². The molecule has 0 heterocycles. The smallest absolute Gasteiger partial charge is 0.255 e. The first kappa shape index (κ1) is 19.6. The van der Waals surface area contributed by atoms with Crippen molar-refractivity contribution in [1.82, 2.24) is 5.32 Å². The van der Waals surface area contributed by atoms with Gasteiger partial charge in [0.05, 0.1) is 0 Å². The normalized spacial score (nSPS) is 10.5. The van der Waals surface area contributed by atoms with E-state index in [0.717, 1.165) is 29.9 Å². The molecule has 2 N–H and O–H groups in total. The number of hydrogen-bond donors (Lipinski definition) is 2. The Morgan fingerprint density at radius 3 is 1.73 bits per heavy atom. The molecule has 0 unspecified atom stereocenters. The van der Waals surface area contributed by atoms with E-state index in [1.807, 2.05) is 84.9 Å². The van der Waals surface area contributed by atoms with Gasteiger partial charge in [-0.2, -0.15) is 0 Å². The molecule has 4 aromatic carbocycles. The summed E-state index contributed by atoms with van der Waals surface area (Å²) in [7, 11) is 0. The van der Waals surface area contributed by atoms with Gasteiger partial charge in [-0.3, -0.25) is 4.79 Å². The third-order valence-corrected chi connectivity index (χ3v) is 4.97. The van der Waals surface area contributed by atoms with E-state index in [9.17, 15) is 4.79 Å². The van der Waals surface area contributed by atoms with Crippen LogP contribution in [0.25, 0.3) is 11.1 Å². The fourth-order valence-electron chi connectivity index (χ4n) is 3.30. The maximum absolute atomic E-state index is 12.6. The molecule has 0 fully saturated rings. The van der Waals surface area contributed by atoms with Crippen molar-refractivity contribution in [3.05, 3.63) is 126 Å². The summed E-state index contributed by atoms with van der Waals surface area (Å²) in [6.45, 7) is 1.61. The van der Waals surface area contributed by atoms with Crippen LogP contribution >= 0.6 is 0 Å². The predicted octanol–water partition coefficient (Wildman–Crippen LogP) is 5.90. The molecule has 0 atom stereocenters. The Bertz CT molecular complexity index is 1070. The molecule has 0 saturated heterocycles. The number of amides is 1. The summed E-state index contributed by atoms with van der Waals surface area (Å²) in [5.74, 6) is -0.107. The summed E-state index contributed by atoms with van der Waals surface area (Å²) in [5.41, 5.74) is 6.11.